The van der Waals surface area contributed by atoms with Gasteiger partial charge in [0.2, 0.25) is 5.76 Å². The Bertz CT molecular complexity index is 701. The zero-order valence-electron chi connectivity index (χ0n) is 11.9. The summed E-state index contributed by atoms with van der Waals surface area (Å²) in [6, 6.07) is 15.3. The predicted octanol–water partition coefficient (Wildman–Crippen LogP) is 4.45. The molecule has 0 N–H and O–H groups in total. The lowest BCUT2D eigenvalue weighted by Gasteiger charge is -2.01. The molecule has 0 atom stereocenters. The fourth-order valence-electron chi connectivity index (χ4n) is 1.60. The fraction of sp³-hybridized carbons (Fsp3) is 0.0588. The van der Waals surface area contributed by atoms with Gasteiger partial charge in [0, 0.05) is 16.6 Å². The Balaban J connectivity index is 0.000000188. The zero-order valence-corrected chi connectivity index (χ0v) is 15.1. The number of aryl methyl sites for hydroxylation is 1. The first kappa shape index (κ1) is 16.8. The van der Waals surface area contributed by atoms with Crippen LogP contribution in [0.1, 0.15) is 11.3 Å². The van der Waals surface area contributed by atoms with Crippen LogP contribution >= 0.6 is 28.1 Å². The van der Waals surface area contributed by atoms with Gasteiger partial charge in [-0.05, 0) is 49.0 Å². The van der Waals surface area contributed by atoms with E-state index in [1.165, 1.54) is 5.56 Å². The molecule has 0 aliphatic heterocycles. The van der Waals surface area contributed by atoms with E-state index in [0.29, 0.717) is 10.7 Å². The molecule has 0 saturated heterocycles. The number of thiocarbonyl (C=S) groups is 1. The van der Waals surface area contributed by atoms with Gasteiger partial charge in [0.05, 0.1) is 6.26 Å². The Morgan fingerprint density at radius 1 is 1.09 bits per heavy atom. The highest BCUT2D eigenvalue weighted by Crippen LogP contribution is 2.09. The lowest BCUT2D eigenvalue weighted by Crippen LogP contribution is -2.40. The normalized spacial score (nSPS) is 9.73. The van der Waals surface area contributed by atoms with E-state index in [2.05, 4.69) is 15.9 Å². The lowest BCUT2D eigenvalue weighted by molar-refractivity contribution is -0.551. The Hall–Kier alpha value is -1.56. The van der Waals surface area contributed by atoms with E-state index >= 15 is 0 Å². The number of furan rings is 1. The smallest absolute Gasteiger partial charge is 0.320 e. The van der Waals surface area contributed by atoms with E-state index in [9.17, 15) is 0 Å². The quantitative estimate of drug-likeness (QED) is 0.346. The second-order valence-corrected chi connectivity index (χ2v) is 6.29. The summed E-state index contributed by atoms with van der Waals surface area (Å²) in [7, 11) is 0. The molecule has 0 unspecified atom stereocenters. The van der Waals surface area contributed by atoms with Gasteiger partial charge in [-0.1, -0.05) is 28.1 Å². The number of hydrogen-bond donors (Lipinski definition) is 0. The van der Waals surface area contributed by atoms with Crippen LogP contribution in [0.5, 0.6) is 0 Å². The van der Waals surface area contributed by atoms with Crippen LogP contribution in [0, 0.1) is 6.92 Å². The first-order valence-electron chi connectivity index (χ1n) is 6.55. The summed E-state index contributed by atoms with van der Waals surface area (Å²) < 4.78 is 8.16. The summed E-state index contributed by atoms with van der Waals surface area (Å²) in [5, 5.41) is 0. The topological polar surface area (TPSA) is 17.0 Å². The van der Waals surface area contributed by atoms with Crippen LogP contribution in [0.2, 0.25) is 0 Å². The van der Waals surface area contributed by atoms with Crippen molar-refractivity contribution in [2.24, 2.45) is 0 Å². The first-order chi connectivity index (χ1) is 10.6. The fourth-order valence-corrected chi connectivity index (χ4v) is 2.24. The largest absolute Gasteiger partial charge is 0.780 e. The molecule has 2 aromatic heterocycles. The Kier molecular flexibility index (Phi) is 6.24. The molecule has 112 valence electrons. The van der Waals surface area contributed by atoms with Crippen LogP contribution in [0.4, 0.5) is 0 Å². The number of pyridine rings is 1. The molecule has 0 saturated carbocycles. The van der Waals surface area contributed by atoms with E-state index < -0.39 is 0 Å². The van der Waals surface area contributed by atoms with Crippen molar-refractivity contribution in [2.45, 2.75) is 11.8 Å². The zero-order chi connectivity index (χ0) is 15.9. The second-order valence-electron chi connectivity index (χ2n) is 4.52. The van der Waals surface area contributed by atoms with Crippen LogP contribution < -0.4 is 4.57 Å². The van der Waals surface area contributed by atoms with Gasteiger partial charge in [0.15, 0.2) is 12.4 Å². The molecule has 2 nitrogen and oxygen atoms in total. The third kappa shape index (κ3) is 5.02. The molecule has 1 aromatic carbocycles. The van der Waals surface area contributed by atoms with Crippen molar-refractivity contribution in [3.63, 3.8) is 0 Å². The van der Waals surface area contributed by atoms with Gasteiger partial charge in [0.25, 0.3) is 0 Å². The molecule has 0 fully saturated rings. The SMILES string of the molecule is Cc1cc[n+](C(=S)c2ccco2)cc1.[S-]c1ccc(Br)cc1. The number of nitrogens with zero attached hydrogens (tertiary/aromatic N) is 1. The minimum atomic E-state index is 0.676. The summed E-state index contributed by atoms with van der Waals surface area (Å²) in [4.78, 5) is 1.56. The molecular weight excluding hydrogens is 378 g/mol. The van der Waals surface area contributed by atoms with E-state index in [4.69, 9.17) is 29.3 Å². The van der Waals surface area contributed by atoms with Crippen molar-refractivity contribution < 1.29 is 8.98 Å². The Morgan fingerprint density at radius 2 is 1.73 bits per heavy atom. The van der Waals surface area contributed by atoms with E-state index in [-0.39, 0.29) is 0 Å². The number of hydrogen-bond acceptors (Lipinski definition) is 3. The monoisotopic (exact) mass is 391 g/mol. The highest BCUT2D eigenvalue weighted by Gasteiger charge is 2.14. The van der Waals surface area contributed by atoms with E-state index in [1.807, 2.05) is 72.4 Å². The Morgan fingerprint density at radius 3 is 2.23 bits per heavy atom. The molecule has 0 radical (unpaired) electrons. The van der Waals surface area contributed by atoms with Gasteiger partial charge >= 0.3 is 4.99 Å². The molecule has 0 aliphatic carbocycles. The maximum Gasteiger partial charge on any atom is 0.320 e. The highest BCUT2D eigenvalue weighted by atomic mass is 79.9. The number of rotatable bonds is 1. The van der Waals surface area contributed by atoms with Crippen molar-refractivity contribution in [1.82, 2.24) is 0 Å². The molecule has 0 amide bonds. The third-order valence-electron chi connectivity index (χ3n) is 2.78. The van der Waals surface area contributed by atoms with Crippen LogP contribution in [0.15, 0.2) is 81.0 Å². The molecule has 0 spiro atoms. The molecular formula is C17H14BrNOS2. The molecule has 0 bridgehead atoms. The van der Waals surface area contributed by atoms with Gasteiger partial charge < -0.3 is 17.0 Å². The molecule has 3 rings (SSSR count). The third-order valence-corrected chi connectivity index (χ3v) is 3.99. The van der Waals surface area contributed by atoms with Gasteiger partial charge in [-0.25, -0.2) is 0 Å². The van der Waals surface area contributed by atoms with Crippen molar-refractivity contribution in [3.8, 4) is 0 Å². The number of benzene rings is 1. The van der Waals surface area contributed by atoms with Gasteiger partial charge in [-0.2, -0.15) is 9.46 Å². The maximum atomic E-state index is 5.25. The summed E-state index contributed by atoms with van der Waals surface area (Å²) >= 11 is 13.4. The maximum absolute atomic E-state index is 5.25. The standard InChI is InChI=1S/C11H10NOS.C6H5BrS/c1-9-4-6-12(7-5-9)11(14)10-3-2-8-13-10;7-5-1-3-6(8)4-2-5/h2-8H,1H3;1-4,8H/q+1;/p-1. The lowest BCUT2D eigenvalue weighted by atomic mass is 10.3. The molecule has 22 heavy (non-hydrogen) atoms. The average Bonchev–Trinajstić information content (AvgIpc) is 3.05. The number of aromatic nitrogens is 1. The summed E-state index contributed by atoms with van der Waals surface area (Å²) in [5.41, 5.74) is 1.21. The van der Waals surface area contributed by atoms with E-state index in [0.717, 1.165) is 9.37 Å². The minimum Gasteiger partial charge on any atom is -0.780 e. The van der Waals surface area contributed by atoms with Gasteiger partial charge in [-0.15, -0.1) is 0 Å². The van der Waals surface area contributed by atoms with Crippen molar-refractivity contribution in [3.05, 3.63) is 83.0 Å². The van der Waals surface area contributed by atoms with Crippen molar-refractivity contribution >= 4 is 45.8 Å². The van der Waals surface area contributed by atoms with Crippen LogP contribution in [-0.2, 0) is 12.6 Å². The number of halogens is 1. The van der Waals surface area contributed by atoms with Crippen LogP contribution in [0.25, 0.3) is 0 Å². The predicted molar refractivity (Wildman–Crippen MR) is 97.0 cm³/mol. The van der Waals surface area contributed by atoms with Gasteiger partial charge in [0.1, 0.15) is 0 Å². The first-order valence-corrected chi connectivity index (χ1v) is 8.16. The summed E-state index contributed by atoms with van der Waals surface area (Å²) in [5.74, 6) is 0.717. The Labute approximate surface area is 149 Å². The molecule has 0 aliphatic rings. The summed E-state index contributed by atoms with van der Waals surface area (Å²) in [6.07, 6.45) is 5.48. The second kappa shape index (κ2) is 8.17. The van der Waals surface area contributed by atoms with Gasteiger partial charge in [-0.3, -0.25) is 0 Å². The van der Waals surface area contributed by atoms with E-state index in [1.54, 1.807) is 6.26 Å². The van der Waals surface area contributed by atoms with Crippen molar-refractivity contribution in [2.75, 3.05) is 0 Å². The van der Waals surface area contributed by atoms with Crippen LogP contribution in [0.3, 0.4) is 0 Å². The minimum absolute atomic E-state index is 0.676. The van der Waals surface area contributed by atoms with Crippen molar-refractivity contribution in [1.29, 1.82) is 0 Å². The highest BCUT2D eigenvalue weighted by molar-refractivity contribution is 9.10. The average molecular weight is 392 g/mol. The molecule has 5 heteroatoms. The molecule has 2 heterocycles. The molecule has 3 aromatic rings. The summed E-state index contributed by atoms with van der Waals surface area (Å²) in [6.45, 7) is 2.04. The van der Waals surface area contributed by atoms with Crippen LogP contribution in [-0.4, -0.2) is 4.99 Å².